The molecule has 0 aromatic heterocycles. The molecule has 0 fully saturated rings. The Labute approximate surface area is 92.3 Å². The van der Waals surface area contributed by atoms with Crippen molar-refractivity contribution in [1.29, 1.82) is 0 Å². The normalized spacial score (nSPS) is 10.0. The molecule has 0 aliphatic heterocycles. The van der Waals surface area contributed by atoms with Gasteiger partial charge in [-0.05, 0) is 36.5 Å². The Bertz CT molecular complexity index is 388. The minimum atomic E-state index is 0.866. The Balaban J connectivity index is 2.15. The molecule has 15 heavy (non-hydrogen) atoms. The molecule has 76 valence electrons. The van der Waals surface area contributed by atoms with Crippen molar-refractivity contribution in [2.45, 2.75) is 6.92 Å². The van der Waals surface area contributed by atoms with Crippen molar-refractivity contribution in [3.05, 3.63) is 54.1 Å². The second-order valence-corrected chi connectivity index (χ2v) is 4.15. The summed E-state index contributed by atoms with van der Waals surface area (Å²) < 4.78 is 5.68. The summed E-state index contributed by atoms with van der Waals surface area (Å²) in [7, 11) is 2.65. The molecule has 0 heterocycles. The molecule has 2 aromatic rings. The first-order chi connectivity index (χ1) is 7.24. The lowest BCUT2D eigenvalue weighted by Gasteiger charge is -2.05. The van der Waals surface area contributed by atoms with Crippen molar-refractivity contribution in [3.63, 3.8) is 0 Å². The van der Waals surface area contributed by atoms with Crippen LogP contribution in [-0.4, -0.2) is 0 Å². The second-order valence-electron chi connectivity index (χ2n) is 3.48. The summed E-state index contributed by atoms with van der Waals surface area (Å²) in [5, 5.41) is 1.16. The highest BCUT2D eigenvalue weighted by molar-refractivity contribution is 7.27. The SMILES string of the molecule is Cc1ccc(Oc2ccc(P)cc2)cc1. The molecule has 0 saturated carbocycles. The van der Waals surface area contributed by atoms with Crippen molar-refractivity contribution < 1.29 is 4.74 Å². The number of hydrogen-bond donors (Lipinski definition) is 0. The van der Waals surface area contributed by atoms with Crippen LogP contribution in [0, 0.1) is 6.92 Å². The molecule has 2 heteroatoms. The summed E-state index contributed by atoms with van der Waals surface area (Å²) in [6.07, 6.45) is 0. The second kappa shape index (κ2) is 4.46. The average molecular weight is 216 g/mol. The fraction of sp³-hybridized carbons (Fsp3) is 0.0769. The Morgan fingerprint density at radius 1 is 0.800 bits per heavy atom. The molecule has 0 saturated heterocycles. The number of hydrogen-bond acceptors (Lipinski definition) is 1. The maximum atomic E-state index is 5.68. The molecule has 0 aliphatic carbocycles. The highest BCUT2D eigenvalue weighted by Gasteiger charge is 1.95. The standard InChI is InChI=1S/C13H13OP/c1-10-2-4-11(5-3-10)14-12-6-8-13(15)9-7-12/h2-9H,15H2,1H3. The zero-order valence-electron chi connectivity index (χ0n) is 8.60. The number of ether oxygens (including phenoxy) is 1. The Morgan fingerprint density at radius 2 is 1.27 bits per heavy atom. The van der Waals surface area contributed by atoms with Gasteiger partial charge in [-0.15, -0.1) is 9.24 Å². The van der Waals surface area contributed by atoms with Crippen molar-refractivity contribution in [2.24, 2.45) is 0 Å². The lowest BCUT2D eigenvalue weighted by molar-refractivity contribution is 0.482. The van der Waals surface area contributed by atoms with Crippen LogP contribution in [0.15, 0.2) is 48.5 Å². The smallest absolute Gasteiger partial charge is 0.127 e. The zero-order chi connectivity index (χ0) is 10.7. The molecular formula is C13H13OP. The van der Waals surface area contributed by atoms with Gasteiger partial charge in [-0.3, -0.25) is 0 Å². The van der Waals surface area contributed by atoms with Crippen LogP contribution in [-0.2, 0) is 0 Å². The number of rotatable bonds is 2. The monoisotopic (exact) mass is 216 g/mol. The van der Waals surface area contributed by atoms with Crippen LogP contribution in [0.5, 0.6) is 11.5 Å². The summed E-state index contributed by atoms with van der Waals surface area (Å²) in [5.41, 5.74) is 1.24. The first-order valence-electron chi connectivity index (χ1n) is 4.84. The topological polar surface area (TPSA) is 9.23 Å². The Kier molecular flexibility index (Phi) is 3.03. The highest BCUT2D eigenvalue weighted by Crippen LogP contribution is 2.20. The number of benzene rings is 2. The van der Waals surface area contributed by atoms with Gasteiger partial charge in [0, 0.05) is 0 Å². The van der Waals surface area contributed by atoms with Crippen LogP contribution in [0.4, 0.5) is 0 Å². The molecule has 0 aliphatic rings. The third kappa shape index (κ3) is 2.81. The fourth-order valence-electron chi connectivity index (χ4n) is 1.28. The third-order valence-electron chi connectivity index (χ3n) is 2.14. The third-order valence-corrected chi connectivity index (χ3v) is 2.52. The van der Waals surface area contributed by atoms with E-state index in [0.717, 1.165) is 16.8 Å². The molecule has 0 spiro atoms. The Morgan fingerprint density at radius 3 is 1.80 bits per heavy atom. The summed E-state index contributed by atoms with van der Waals surface area (Å²) in [5.74, 6) is 1.74. The van der Waals surface area contributed by atoms with Gasteiger partial charge in [0.2, 0.25) is 0 Å². The quantitative estimate of drug-likeness (QED) is 0.700. The summed E-state index contributed by atoms with van der Waals surface area (Å²) in [6, 6.07) is 16.0. The van der Waals surface area contributed by atoms with E-state index in [1.165, 1.54) is 5.56 Å². The molecule has 0 N–H and O–H groups in total. The maximum absolute atomic E-state index is 5.68. The molecule has 1 unspecified atom stereocenters. The minimum absolute atomic E-state index is 0.866. The zero-order valence-corrected chi connectivity index (χ0v) is 9.76. The lowest BCUT2D eigenvalue weighted by Crippen LogP contribution is -1.89. The van der Waals surface area contributed by atoms with Gasteiger partial charge >= 0.3 is 0 Å². The van der Waals surface area contributed by atoms with Gasteiger partial charge in [0.1, 0.15) is 11.5 Å². The van der Waals surface area contributed by atoms with Crippen LogP contribution < -0.4 is 10.0 Å². The van der Waals surface area contributed by atoms with Gasteiger partial charge in [-0.25, -0.2) is 0 Å². The van der Waals surface area contributed by atoms with Gasteiger partial charge in [-0.2, -0.15) is 0 Å². The predicted molar refractivity (Wildman–Crippen MR) is 67.0 cm³/mol. The highest BCUT2D eigenvalue weighted by atomic mass is 31.0. The van der Waals surface area contributed by atoms with Crippen LogP contribution in [0.1, 0.15) is 5.56 Å². The largest absolute Gasteiger partial charge is 0.457 e. The molecule has 0 bridgehead atoms. The predicted octanol–water partition coefficient (Wildman–Crippen LogP) is 3.29. The van der Waals surface area contributed by atoms with Crippen LogP contribution in [0.2, 0.25) is 0 Å². The first kappa shape index (κ1) is 10.2. The van der Waals surface area contributed by atoms with Gasteiger partial charge in [0.05, 0.1) is 0 Å². The maximum Gasteiger partial charge on any atom is 0.127 e. The van der Waals surface area contributed by atoms with Gasteiger partial charge in [0.25, 0.3) is 0 Å². The van der Waals surface area contributed by atoms with Crippen LogP contribution in [0.3, 0.4) is 0 Å². The lowest BCUT2D eigenvalue weighted by atomic mass is 10.2. The van der Waals surface area contributed by atoms with E-state index in [0.29, 0.717) is 0 Å². The van der Waals surface area contributed by atoms with E-state index in [-0.39, 0.29) is 0 Å². The Hall–Kier alpha value is -1.33. The molecule has 0 radical (unpaired) electrons. The van der Waals surface area contributed by atoms with Crippen molar-refractivity contribution in [3.8, 4) is 11.5 Å². The van der Waals surface area contributed by atoms with Gasteiger partial charge in [-0.1, -0.05) is 29.8 Å². The number of aryl methyl sites for hydroxylation is 1. The van der Waals surface area contributed by atoms with E-state index in [9.17, 15) is 0 Å². The van der Waals surface area contributed by atoms with Crippen molar-refractivity contribution in [1.82, 2.24) is 0 Å². The van der Waals surface area contributed by atoms with Gasteiger partial charge in [0.15, 0.2) is 0 Å². The molecule has 1 nitrogen and oxygen atoms in total. The van der Waals surface area contributed by atoms with Gasteiger partial charge < -0.3 is 4.74 Å². The molecular weight excluding hydrogens is 203 g/mol. The summed E-state index contributed by atoms with van der Waals surface area (Å²) in [6.45, 7) is 2.06. The van der Waals surface area contributed by atoms with E-state index in [1.807, 2.05) is 48.5 Å². The van der Waals surface area contributed by atoms with Crippen LogP contribution >= 0.6 is 9.24 Å². The average Bonchev–Trinajstić information content (AvgIpc) is 2.25. The minimum Gasteiger partial charge on any atom is -0.457 e. The summed E-state index contributed by atoms with van der Waals surface area (Å²) in [4.78, 5) is 0. The van der Waals surface area contributed by atoms with Crippen molar-refractivity contribution in [2.75, 3.05) is 0 Å². The first-order valence-corrected chi connectivity index (χ1v) is 5.42. The molecule has 2 rings (SSSR count). The molecule has 1 atom stereocenters. The van der Waals surface area contributed by atoms with E-state index < -0.39 is 0 Å². The van der Waals surface area contributed by atoms with Crippen molar-refractivity contribution >= 4 is 14.5 Å². The molecule has 2 aromatic carbocycles. The van der Waals surface area contributed by atoms with E-state index >= 15 is 0 Å². The van der Waals surface area contributed by atoms with E-state index in [1.54, 1.807) is 0 Å². The fourth-order valence-corrected chi connectivity index (χ4v) is 1.47. The van der Waals surface area contributed by atoms with Crippen LogP contribution in [0.25, 0.3) is 0 Å². The molecule has 0 amide bonds. The van der Waals surface area contributed by atoms with E-state index in [2.05, 4.69) is 16.2 Å². The summed E-state index contributed by atoms with van der Waals surface area (Å²) >= 11 is 0. The van der Waals surface area contributed by atoms with E-state index in [4.69, 9.17) is 4.74 Å².